The highest BCUT2D eigenvalue weighted by Gasteiger charge is 2.53. The SMILES string of the molecule is CF.O=C1NC(CO)C2CC12. The topological polar surface area (TPSA) is 49.3 Å². The van der Waals surface area contributed by atoms with Gasteiger partial charge in [0.05, 0.1) is 19.8 Å². The summed E-state index contributed by atoms with van der Waals surface area (Å²) in [7, 11) is 0.500. The number of alkyl halides is 1. The second-order valence-corrected chi connectivity index (χ2v) is 2.80. The van der Waals surface area contributed by atoms with E-state index in [0.29, 0.717) is 13.1 Å². The van der Waals surface area contributed by atoms with Crippen molar-refractivity contribution >= 4 is 5.91 Å². The fourth-order valence-electron chi connectivity index (χ4n) is 1.54. The van der Waals surface area contributed by atoms with Gasteiger partial charge in [-0.25, -0.2) is 0 Å². The van der Waals surface area contributed by atoms with E-state index < -0.39 is 0 Å². The van der Waals surface area contributed by atoms with Crippen LogP contribution in [-0.2, 0) is 4.79 Å². The third-order valence-corrected chi connectivity index (χ3v) is 2.22. The zero-order valence-corrected chi connectivity index (χ0v) is 6.38. The average molecular weight is 161 g/mol. The van der Waals surface area contributed by atoms with E-state index in [1.54, 1.807) is 0 Å². The lowest BCUT2D eigenvalue weighted by Crippen LogP contribution is -2.32. The summed E-state index contributed by atoms with van der Waals surface area (Å²) < 4.78 is 9.50. The zero-order valence-electron chi connectivity index (χ0n) is 6.38. The molecule has 0 radical (unpaired) electrons. The Bertz CT molecular complexity index is 163. The number of amides is 1. The molecule has 1 aliphatic carbocycles. The van der Waals surface area contributed by atoms with Crippen LogP contribution in [0.5, 0.6) is 0 Å². The van der Waals surface area contributed by atoms with Gasteiger partial charge >= 0.3 is 0 Å². The lowest BCUT2D eigenvalue weighted by molar-refractivity contribution is -0.121. The minimum Gasteiger partial charge on any atom is -0.394 e. The van der Waals surface area contributed by atoms with Crippen LogP contribution < -0.4 is 5.32 Å². The van der Waals surface area contributed by atoms with Crippen molar-refractivity contribution in [3.63, 3.8) is 0 Å². The first-order chi connectivity index (χ1) is 5.33. The number of nitrogens with one attached hydrogen (secondary N) is 1. The summed E-state index contributed by atoms with van der Waals surface area (Å²) in [6.45, 7) is 0.104. The van der Waals surface area contributed by atoms with E-state index in [9.17, 15) is 9.18 Å². The number of carbonyl (C=O) groups is 1. The van der Waals surface area contributed by atoms with Gasteiger partial charge < -0.3 is 10.4 Å². The first-order valence-electron chi connectivity index (χ1n) is 3.62. The Morgan fingerprint density at radius 2 is 2.36 bits per heavy atom. The lowest BCUT2D eigenvalue weighted by atomic mass is 10.2. The summed E-state index contributed by atoms with van der Waals surface area (Å²) in [4.78, 5) is 10.8. The Morgan fingerprint density at radius 3 is 2.55 bits per heavy atom. The predicted molar refractivity (Wildman–Crippen MR) is 37.6 cm³/mol. The second kappa shape index (κ2) is 3.17. The van der Waals surface area contributed by atoms with Crippen LogP contribution in [0, 0.1) is 11.8 Å². The quantitative estimate of drug-likeness (QED) is 0.554. The Labute approximate surface area is 64.6 Å². The molecule has 2 rings (SSSR count). The van der Waals surface area contributed by atoms with Crippen molar-refractivity contribution in [3.8, 4) is 0 Å². The van der Waals surface area contributed by atoms with Crippen molar-refractivity contribution in [2.45, 2.75) is 12.5 Å². The molecule has 1 heterocycles. The molecular weight excluding hydrogens is 149 g/mol. The molecule has 3 unspecified atom stereocenters. The number of fused-ring (bicyclic) bond motifs is 1. The van der Waals surface area contributed by atoms with Crippen LogP contribution in [0.25, 0.3) is 0 Å². The maximum Gasteiger partial charge on any atom is 0.223 e. The van der Waals surface area contributed by atoms with Gasteiger partial charge in [0.2, 0.25) is 5.91 Å². The van der Waals surface area contributed by atoms with Crippen molar-refractivity contribution < 1.29 is 14.3 Å². The van der Waals surface area contributed by atoms with E-state index in [-0.39, 0.29) is 24.5 Å². The van der Waals surface area contributed by atoms with Crippen LogP contribution >= 0.6 is 0 Å². The molecule has 2 N–H and O–H groups in total. The summed E-state index contributed by atoms with van der Waals surface area (Å²) in [5, 5.41) is 11.4. The smallest absolute Gasteiger partial charge is 0.223 e. The third kappa shape index (κ3) is 1.35. The van der Waals surface area contributed by atoms with Crippen LogP contribution in [0.1, 0.15) is 6.42 Å². The first-order valence-corrected chi connectivity index (χ1v) is 3.62. The van der Waals surface area contributed by atoms with Crippen LogP contribution in [0.15, 0.2) is 0 Å². The fraction of sp³-hybridized carbons (Fsp3) is 0.857. The summed E-state index contributed by atoms with van der Waals surface area (Å²) >= 11 is 0. The predicted octanol–water partition coefficient (Wildman–Crippen LogP) is -0.301. The lowest BCUT2D eigenvalue weighted by Gasteiger charge is -2.07. The number of aliphatic hydroxyl groups is 1. The van der Waals surface area contributed by atoms with E-state index >= 15 is 0 Å². The van der Waals surface area contributed by atoms with E-state index in [0.717, 1.165) is 6.42 Å². The molecule has 2 aliphatic rings. The number of piperidine rings is 1. The zero-order chi connectivity index (χ0) is 8.43. The molecule has 1 saturated heterocycles. The summed E-state index contributed by atoms with van der Waals surface area (Å²) in [6, 6.07) is 0.0718. The van der Waals surface area contributed by atoms with Gasteiger partial charge in [0.15, 0.2) is 0 Å². The molecule has 3 atom stereocenters. The van der Waals surface area contributed by atoms with E-state index in [4.69, 9.17) is 5.11 Å². The molecule has 64 valence electrons. The Balaban J connectivity index is 0.000000281. The Hall–Kier alpha value is -0.640. The van der Waals surface area contributed by atoms with Gasteiger partial charge in [0.25, 0.3) is 0 Å². The largest absolute Gasteiger partial charge is 0.394 e. The van der Waals surface area contributed by atoms with Crippen molar-refractivity contribution in [1.82, 2.24) is 5.32 Å². The molecule has 0 aromatic carbocycles. The minimum absolute atomic E-state index is 0.0718. The van der Waals surface area contributed by atoms with Gasteiger partial charge in [0, 0.05) is 5.92 Å². The van der Waals surface area contributed by atoms with Crippen LogP contribution in [0.2, 0.25) is 0 Å². The van der Waals surface area contributed by atoms with Crippen LogP contribution in [0.4, 0.5) is 4.39 Å². The third-order valence-electron chi connectivity index (χ3n) is 2.22. The van der Waals surface area contributed by atoms with Crippen molar-refractivity contribution in [1.29, 1.82) is 0 Å². The number of rotatable bonds is 1. The van der Waals surface area contributed by atoms with Gasteiger partial charge in [-0.3, -0.25) is 9.18 Å². The number of hydrogen-bond acceptors (Lipinski definition) is 2. The van der Waals surface area contributed by atoms with E-state index in [1.165, 1.54) is 0 Å². The molecule has 0 spiro atoms. The number of halogens is 1. The Morgan fingerprint density at radius 1 is 1.73 bits per heavy atom. The van der Waals surface area contributed by atoms with Gasteiger partial charge in [-0.05, 0) is 12.3 Å². The summed E-state index contributed by atoms with van der Waals surface area (Å²) in [6.07, 6.45) is 0.997. The molecule has 11 heavy (non-hydrogen) atoms. The Kier molecular flexibility index (Phi) is 2.44. The molecular formula is C7H12FNO2. The molecule has 4 heteroatoms. The summed E-state index contributed by atoms with van der Waals surface area (Å²) in [5.41, 5.74) is 0. The highest BCUT2D eigenvalue weighted by Crippen LogP contribution is 2.45. The number of aliphatic hydroxyl groups excluding tert-OH is 1. The second-order valence-electron chi connectivity index (χ2n) is 2.80. The highest BCUT2D eigenvalue weighted by atomic mass is 19.1. The standard InChI is InChI=1S/C6H9NO2.CH3F/c8-2-5-3-1-4(3)6(9)7-5;1-2/h3-5,8H,1-2H2,(H,7,9);1H3. The number of carbonyl (C=O) groups excluding carboxylic acids is 1. The van der Waals surface area contributed by atoms with E-state index in [1.807, 2.05) is 0 Å². The molecule has 0 bridgehead atoms. The molecule has 0 aromatic heterocycles. The van der Waals surface area contributed by atoms with E-state index in [2.05, 4.69) is 5.32 Å². The molecule has 1 amide bonds. The maximum atomic E-state index is 10.8. The highest BCUT2D eigenvalue weighted by molar-refractivity contribution is 5.85. The van der Waals surface area contributed by atoms with Gasteiger partial charge in [-0.15, -0.1) is 0 Å². The first kappa shape index (κ1) is 8.46. The van der Waals surface area contributed by atoms with Crippen LogP contribution in [0.3, 0.4) is 0 Å². The van der Waals surface area contributed by atoms with Crippen molar-refractivity contribution in [3.05, 3.63) is 0 Å². The monoisotopic (exact) mass is 161 g/mol. The van der Waals surface area contributed by atoms with Gasteiger partial charge in [-0.2, -0.15) is 0 Å². The molecule has 3 nitrogen and oxygen atoms in total. The fourth-order valence-corrected chi connectivity index (χ4v) is 1.54. The van der Waals surface area contributed by atoms with Crippen LogP contribution in [-0.4, -0.2) is 30.8 Å². The molecule has 2 fully saturated rings. The average Bonchev–Trinajstić information content (AvgIpc) is 2.78. The maximum absolute atomic E-state index is 10.8. The number of hydrogen-bond donors (Lipinski definition) is 2. The molecule has 0 aromatic rings. The minimum atomic E-state index is 0.0718. The van der Waals surface area contributed by atoms with Gasteiger partial charge in [0.1, 0.15) is 0 Å². The summed E-state index contributed by atoms with van der Waals surface area (Å²) in [5.74, 6) is 0.851. The van der Waals surface area contributed by atoms with Crippen molar-refractivity contribution in [2.24, 2.45) is 11.8 Å². The van der Waals surface area contributed by atoms with Crippen molar-refractivity contribution in [2.75, 3.05) is 13.8 Å². The van der Waals surface area contributed by atoms with Gasteiger partial charge in [-0.1, -0.05) is 0 Å². The normalized spacial score (nSPS) is 38.5. The molecule has 1 saturated carbocycles. The molecule has 1 aliphatic heterocycles.